The molecular weight excluding hydrogens is 146 g/mol. The number of rotatable bonds is 5. The fourth-order valence-electron chi connectivity index (χ4n) is 0.724. The van der Waals surface area contributed by atoms with E-state index in [2.05, 4.69) is 10.1 Å². The van der Waals surface area contributed by atoms with E-state index >= 15 is 0 Å². The Kier molecular flexibility index (Phi) is 5.78. The van der Waals surface area contributed by atoms with Gasteiger partial charge in [0, 0.05) is 13.0 Å². The largest absolute Gasteiger partial charge is 0.469 e. The van der Waals surface area contributed by atoms with Gasteiger partial charge in [-0.05, 0) is 13.5 Å². The summed E-state index contributed by atoms with van der Waals surface area (Å²) >= 11 is 0. The fraction of sp³-hybridized carbons (Fsp3) is 0.857. The van der Waals surface area contributed by atoms with Crippen molar-refractivity contribution in [2.45, 2.75) is 18.9 Å². The Balaban J connectivity index is 3.29. The predicted molar refractivity (Wildman–Crippen MR) is 41.2 cm³/mol. The zero-order valence-electron chi connectivity index (χ0n) is 6.96. The molecule has 0 aromatic carbocycles. The van der Waals surface area contributed by atoms with Crippen molar-refractivity contribution in [1.29, 1.82) is 0 Å². The number of carbonyl (C=O) groups is 1. The average Bonchev–Trinajstić information content (AvgIpc) is 2.01. The summed E-state index contributed by atoms with van der Waals surface area (Å²) in [5.74, 6) is -0.278. The van der Waals surface area contributed by atoms with Crippen molar-refractivity contribution in [3.63, 3.8) is 0 Å². The highest BCUT2D eigenvalue weighted by molar-refractivity contribution is 5.69. The van der Waals surface area contributed by atoms with E-state index in [9.17, 15) is 4.79 Å². The highest BCUT2D eigenvalue weighted by Crippen LogP contribution is 1.96. The maximum Gasteiger partial charge on any atom is 0.305 e. The molecule has 0 saturated carbocycles. The van der Waals surface area contributed by atoms with Gasteiger partial charge in [-0.15, -0.1) is 0 Å². The molecule has 66 valence electrons. The van der Waals surface area contributed by atoms with Crippen LogP contribution in [-0.2, 0) is 9.53 Å². The maximum absolute atomic E-state index is 10.6. The molecule has 0 aromatic rings. The van der Waals surface area contributed by atoms with Crippen LogP contribution in [0.3, 0.4) is 0 Å². The molecule has 1 unspecified atom stereocenters. The monoisotopic (exact) mass is 161 g/mol. The summed E-state index contributed by atoms with van der Waals surface area (Å²) in [6.45, 7) is 0.511. The Morgan fingerprint density at radius 1 is 1.73 bits per heavy atom. The molecule has 4 nitrogen and oxygen atoms in total. The van der Waals surface area contributed by atoms with Gasteiger partial charge in [-0.25, -0.2) is 0 Å². The summed E-state index contributed by atoms with van der Waals surface area (Å²) in [7, 11) is 3.09. The van der Waals surface area contributed by atoms with Crippen LogP contribution in [0.5, 0.6) is 0 Å². The van der Waals surface area contributed by atoms with E-state index in [-0.39, 0.29) is 12.4 Å². The molecule has 0 radical (unpaired) electrons. The first-order chi connectivity index (χ1) is 5.20. The van der Waals surface area contributed by atoms with Gasteiger partial charge in [0.05, 0.1) is 13.2 Å². The number of hydrogen-bond donors (Lipinski definition) is 2. The quantitative estimate of drug-likeness (QED) is 0.535. The third-order valence-electron chi connectivity index (χ3n) is 1.35. The van der Waals surface area contributed by atoms with Crippen LogP contribution in [0.1, 0.15) is 12.8 Å². The van der Waals surface area contributed by atoms with E-state index in [1.807, 2.05) is 0 Å². The number of ether oxygens (including phenoxy) is 1. The average molecular weight is 161 g/mol. The first-order valence-corrected chi connectivity index (χ1v) is 3.60. The number of aliphatic hydroxyl groups excluding tert-OH is 1. The van der Waals surface area contributed by atoms with Gasteiger partial charge in [0.15, 0.2) is 0 Å². The van der Waals surface area contributed by atoms with Crippen molar-refractivity contribution < 1.29 is 14.6 Å². The number of esters is 1. The molecule has 0 rings (SSSR count). The lowest BCUT2D eigenvalue weighted by molar-refractivity contribution is -0.141. The zero-order valence-corrected chi connectivity index (χ0v) is 6.96. The molecular formula is C7H15NO3. The topological polar surface area (TPSA) is 58.6 Å². The second-order valence-electron chi connectivity index (χ2n) is 2.33. The first-order valence-electron chi connectivity index (χ1n) is 3.60. The number of likely N-dealkylation sites (N-methyl/N-ethyl adjacent to an activating group) is 1. The number of aliphatic hydroxyl groups is 1. The van der Waals surface area contributed by atoms with Crippen molar-refractivity contribution in [2.75, 3.05) is 20.7 Å². The van der Waals surface area contributed by atoms with Crippen LogP contribution in [0, 0.1) is 0 Å². The van der Waals surface area contributed by atoms with Crippen LogP contribution in [0.25, 0.3) is 0 Å². The van der Waals surface area contributed by atoms with E-state index in [0.717, 1.165) is 0 Å². The van der Waals surface area contributed by atoms with Crippen LogP contribution >= 0.6 is 0 Å². The third-order valence-corrected chi connectivity index (χ3v) is 1.35. The van der Waals surface area contributed by atoms with Gasteiger partial charge in [0.2, 0.25) is 0 Å². The molecule has 0 bridgehead atoms. The van der Waals surface area contributed by atoms with Crippen molar-refractivity contribution in [3.8, 4) is 0 Å². The zero-order chi connectivity index (χ0) is 8.69. The molecule has 0 aliphatic carbocycles. The molecule has 0 spiro atoms. The Labute approximate surface area is 66.5 Å². The lowest BCUT2D eigenvalue weighted by Crippen LogP contribution is -2.24. The summed E-state index contributed by atoms with van der Waals surface area (Å²) in [6.07, 6.45) is 0.270. The Bertz CT molecular complexity index is 116. The summed E-state index contributed by atoms with van der Waals surface area (Å²) in [5.41, 5.74) is 0. The highest BCUT2D eigenvalue weighted by atomic mass is 16.5. The van der Waals surface area contributed by atoms with Crippen LogP contribution in [0.2, 0.25) is 0 Å². The molecule has 0 aromatic heterocycles. The highest BCUT2D eigenvalue weighted by Gasteiger charge is 2.06. The van der Waals surface area contributed by atoms with Crippen LogP contribution in [0.4, 0.5) is 0 Å². The van der Waals surface area contributed by atoms with E-state index in [1.54, 1.807) is 7.05 Å². The van der Waals surface area contributed by atoms with E-state index in [4.69, 9.17) is 5.11 Å². The van der Waals surface area contributed by atoms with Gasteiger partial charge in [-0.1, -0.05) is 0 Å². The van der Waals surface area contributed by atoms with Gasteiger partial charge in [0.25, 0.3) is 0 Å². The lowest BCUT2D eigenvalue weighted by Gasteiger charge is -2.07. The second-order valence-corrected chi connectivity index (χ2v) is 2.33. The molecule has 0 aliphatic rings. The van der Waals surface area contributed by atoms with Gasteiger partial charge in [0.1, 0.15) is 0 Å². The molecule has 0 fully saturated rings. The van der Waals surface area contributed by atoms with Crippen LogP contribution in [0.15, 0.2) is 0 Å². The normalized spacial score (nSPS) is 12.6. The molecule has 1 atom stereocenters. The summed E-state index contributed by atoms with van der Waals surface area (Å²) in [5, 5.41) is 11.9. The van der Waals surface area contributed by atoms with E-state index < -0.39 is 6.10 Å². The van der Waals surface area contributed by atoms with Crippen molar-refractivity contribution in [3.05, 3.63) is 0 Å². The molecule has 11 heavy (non-hydrogen) atoms. The number of hydrogen-bond acceptors (Lipinski definition) is 4. The minimum atomic E-state index is -0.459. The Morgan fingerprint density at radius 3 is 2.82 bits per heavy atom. The standard InChI is InChI=1S/C7H15NO3/c1-8-5-6(9)3-4-7(10)11-2/h6,8-9H,3-5H2,1-2H3. The SMILES string of the molecule is CNCC(O)CCC(=O)OC. The van der Waals surface area contributed by atoms with E-state index in [0.29, 0.717) is 13.0 Å². The van der Waals surface area contributed by atoms with Gasteiger partial charge in [-0.2, -0.15) is 0 Å². The van der Waals surface area contributed by atoms with Gasteiger partial charge in [-0.3, -0.25) is 4.79 Å². The minimum Gasteiger partial charge on any atom is -0.469 e. The molecule has 0 aliphatic heterocycles. The van der Waals surface area contributed by atoms with Crippen molar-refractivity contribution in [1.82, 2.24) is 5.32 Å². The third kappa shape index (κ3) is 5.82. The first kappa shape index (κ1) is 10.4. The molecule has 0 saturated heterocycles. The predicted octanol–water partition coefficient (Wildman–Crippen LogP) is -0.480. The molecule has 4 heteroatoms. The van der Waals surface area contributed by atoms with E-state index in [1.165, 1.54) is 7.11 Å². The lowest BCUT2D eigenvalue weighted by atomic mass is 10.2. The number of carbonyl (C=O) groups excluding carboxylic acids is 1. The van der Waals surface area contributed by atoms with Crippen LogP contribution in [-0.4, -0.2) is 37.9 Å². The van der Waals surface area contributed by atoms with Gasteiger partial charge < -0.3 is 15.2 Å². The van der Waals surface area contributed by atoms with Crippen molar-refractivity contribution >= 4 is 5.97 Å². The molecule has 2 N–H and O–H groups in total. The number of nitrogens with one attached hydrogen (secondary N) is 1. The smallest absolute Gasteiger partial charge is 0.305 e. The maximum atomic E-state index is 10.6. The minimum absolute atomic E-state index is 0.277. The summed E-state index contributed by atoms with van der Waals surface area (Å²) < 4.78 is 4.41. The van der Waals surface area contributed by atoms with Gasteiger partial charge >= 0.3 is 5.97 Å². The Hall–Kier alpha value is -0.610. The molecule has 0 heterocycles. The number of methoxy groups -OCH3 is 1. The summed E-state index contributed by atoms with van der Waals surface area (Å²) in [6, 6.07) is 0. The fourth-order valence-corrected chi connectivity index (χ4v) is 0.724. The van der Waals surface area contributed by atoms with Crippen molar-refractivity contribution in [2.24, 2.45) is 0 Å². The Morgan fingerprint density at radius 2 is 2.36 bits per heavy atom. The molecule has 0 amide bonds. The second kappa shape index (κ2) is 6.12. The summed E-state index contributed by atoms with van der Waals surface area (Å²) in [4.78, 5) is 10.6. The van der Waals surface area contributed by atoms with Crippen LogP contribution < -0.4 is 5.32 Å².